The van der Waals surface area contributed by atoms with E-state index < -0.39 is 17.8 Å². The Labute approximate surface area is 178 Å². The minimum Gasteiger partial charge on any atom is -0.463 e. The van der Waals surface area contributed by atoms with Crippen LogP contribution in [0.5, 0.6) is 0 Å². The summed E-state index contributed by atoms with van der Waals surface area (Å²) in [5, 5.41) is 5.24. The molecule has 3 amide bonds. The monoisotopic (exact) mass is 440 g/mol. The van der Waals surface area contributed by atoms with Crippen LogP contribution in [0.25, 0.3) is 0 Å². The highest BCUT2D eigenvalue weighted by Gasteiger charge is 2.10. The number of hydrogen-bond acceptors (Lipinski definition) is 6. The van der Waals surface area contributed by atoms with Crippen molar-refractivity contribution in [3.05, 3.63) is 40.9 Å². The van der Waals surface area contributed by atoms with Crippen LogP contribution in [0.1, 0.15) is 25.3 Å². The molecule has 0 saturated carbocycles. The quantitative estimate of drug-likeness (QED) is 0.219. The largest absolute Gasteiger partial charge is 0.463 e. The second-order valence-electron chi connectivity index (χ2n) is 5.54. The van der Waals surface area contributed by atoms with Gasteiger partial charge in [0.15, 0.2) is 5.11 Å². The van der Waals surface area contributed by atoms with Gasteiger partial charge in [-0.25, -0.2) is 4.79 Å². The van der Waals surface area contributed by atoms with E-state index in [2.05, 4.69) is 26.2 Å². The summed E-state index contributed by atoms with van der Waals surface area (Å²) in [5.74, 6) is -2.21. The van der Waals surface area contributed by atoms with Crippen LogP contribution < -0.4 is 21.5 Å². The van der Waals surface area contributed by atoms with Gasteiger partial charge in [-0.15, -0.1) is 0 Å². The van der Waals surface area contributed by atoms with Crippen LogP contribution in [0, 0.1) is 6.92 Å². The average molecular weight is 441 g/mol. The molecule has 0 unspecified atom stereocenters. The number of hydrazine groups is 1. The molecule has 0 saturated heterocycles. The van der Waals surface area contributed by atoms with Crippen molar-refractivity contribution in [2.45, 2.75) is 26.7 Å². The number of anilines is 1. The first-order chi connectivity index (χ1) is 13.7. The van der Waals surface area contributed by atoms with Gasteiger partial charge in [0.2, 0.25) is 17.7 Å². The summed E-state index contributed by atoms with van der Waals surface area (Å²) in [6.45, 7) is 3.59. The van der Waals surface area contributed by atoms with Crippen molar-refractivity contribution in [1.82, 2.24) is 16.2 Å². The topological polar surface area (TPSA) is 126 Å². The van der Waals surface area contributed by atoms with Gasteiger partial charge in [-0.1, -0.05) is 17.7 Å². The first kappa shape index (κ1) is 24.1. The van der Waals surface area contributed by atoms with E-state index in [1.54, 1.807) is 32.0 Å². The molecule has 0 atom stereocenters. The molecule has 1 aromatic rings. The van der Waals surface area contributed by atoms with Crippen LogP contribution in [-0.2, 0) is 23.9 Å². The van der Waals surface area contributed by atoms with Gasteiger partial charge in [0.05, 0.1) is 6.61 Å². The summed E-state index contributed by atoms with van der Waals surface area (Å²) in [6, 6.07) is 5.12. The Morgan fingerprint density at radius 1 is 1.10 bits per heavy atom. The number of amides is 3. The predicted molar refractivity (Wildman–Crippen MR) is 112 cm³/mol. The molecule has 156 valence electrons. The number of hydrogen-bond donors (Lipinski definition) is 4. The van der Waals surface area contributed by atoms with Crippen molar-refractivity contribution in [2.24, 2.45) is 0 Å². The normalized spacial score (nSPS) is 10.2. The number of esters is 1. The molecule has 4 N–H and O–H groups in total. The third-order valence-electron chi connectivity index (χ3n) is 3.33. The van der Waals surface area contributed by atoms with Crippen LogP contribution in [0.2, 0.25) is 5.02 Å². The maximum absolute atomic E-state index is 12.0. The highest BCUT2D eigenvalue weighted by Crippen LogP contribution is 2.22. The molecule has 1 rings (SSSR count). The number of ether oxygens (including phenoxy) is 1. The van der Waals surface area contributed by atoms with Crippen molar-refractivity contribution in [3.63, 3.8) is 0 Å². The van der Waals surface area contributed by atoms with Gasteiger partial charge < -0.3 is 10.1 Å². The molecule has 0 heterocycles. The fourth-order valence-corrected chi connectivity index (χ4v) is 2.22. The van der Waals surface area contributed by atoms with E-state index in [1.807, 2.05) is 0 Å². The molecule has 0 aromatic heterocycles. The van der Waals surface area contributed by atoms with Crippen molar-refractivity contribution in [3.8, 4) is 0 Å². The van der Waals surface area contributed by atoms with Gasteiger partial charge in [-0.05, 0) is 43.8 Å². The van der Waals surface area contributed by atoms with Crippen molar-refractivity contribution < 1.29 is 23.9 Å². The molecule has 0 aliphatic carbocycles. The fraction of sp³-hybridized carbons (Fsp3) is 0.278. The number of carbonyl (C=O) groups excluding carboxylic acids is 4. The van der Waals surface area contributed by atoms with Gasteiger partial charge >= 0.3 is 5.97 Å². The van der Waals surface area contributed by atoms with Crippen LogP contribution in [0.3, 0.4) is 0 Å². The minimum atomic E-state index is -0.680. The molecule has 0 bridgehead atoms. The highest BCUT2D eigenvalue weighted by molar-refractivity contribution is 7.80. The lowest BCUT2D eigenvalue weighted by Gasteiger charge is -2.11. The lowest BCUT2D eigenvalue weighted by molar-refractivity contribution is -0.137. The Morgan fingerprint density at radius 2 is 1.79 bits per heavy atom. The van der Waals surface area contributed by atoms with E-state index in [0.717, 1.165) is 17.7 Å². The number of halogens is 1. The summed E-state index contributed by atoms with van der Waals surface area (Å²) in [5.41, 5.74) is 5.87. The van der Waals surface area contributed by atoms with E-state index in [1.165, 1.54) is 0 Å². The zero-order valence-corrected chi connectivity index (χ0v) is 17.4. The molecule has 0 aliphatic heterocycles. The van der Waals surface area contributed by atoms with E-state index in [9.17, 15) is 19.2 Å². The Morgan fingerprint density at radius 3 is 2.48 bits per heavy atom. The number of nitrogens with one attached hydrogen (secondary N) is 4. The Hall–Kier alpha value is -2.98. The second kappa shape index (κ2) is 12.5. The smallest absolute Gasteiger partial charge is 0.330 e. The molecular formula is C18H21ClN4O5S. The van der Waals surface area contributed by atoms with Crippen molar-refractivity contribution in [1.29, 1.82) is 0 Å². The molecule has 1 aromatic carbocycles. The van der Waals surface area contributed by atoms with E-state index >= 15 is 0 Å². The maximum Gasteiger partial charge on any atom is 0.330 e. The second-order valence-corrected chi connectivity index (χ2v) is 6.35. The third-order valence-corrected chi connectivity index (χ3v) is 3.94. The number of thiocarbonyl (C=S) groups is 1. The summed E-state index contributed by atoms with van der Waals surface area (Å²) in [6.07, 6.45) is 1.70. The van der Waals surface area contributed by atoms with Gasteiger partial charge in [-0.3, -0.25) is 30.6 Å². The first-order valence-corrected chi connectivity index (χ1v) is 9.31. The Balaban J connectivity index is 2.31. The standard InChI is InChI=1S/C18H21ClN4O5S/c1-3-28-17(27)10-9-15(25)21-18(29)23-22-16(26)8-7-14(24)20-13-6-4-5-12(19)11(13)2/h4-6,9-10H,3,7-8H2,1-2H3,(H,20,24)(H,22,26)(H2,21,23,25,29). The molecule has 9 nitrogen and oxygen atoms in total. The number of benzene rings is 1. The highest BCUT2D eigenvalue weighted by atomic mass is 35.5. The van der Waals surface area contributed by atoms with E-state index in [4.69, 9.17) is 23.8 Å². The van der Waals surface area contributed by atoms with Crippen LogP contribution >= 0.6 is 23.8 Å². The van der Waals surface area contributed by atoms with Gasteiger partial charge in [0, 0.05) is 35.7 Å². The lowest BCUT2D eigenvalue weighted by atomic mass is 10.2. The van der Waals surface area contributed by atoms with Gasteiger partial charge in [0.25, 0.3) is 0 Å². The number of rotatable bonds is 7. The fourth-order valence-electron chi connectivity index (χ4n) is 1.89. The summed E-state index contributed by atoms with van der Waals surface area (Å²) >= 11 is 10.8. The van der Waals surface area contributed by atoms with E-state index in [-0.39, 0.29) is 30.5 Å². The Bertz CT molecular complexity index is 828. The molecular weight excluding hydrogens is 420 g/mol. The zero-order valence-electron chi connectivity index (χ0n) is 15.8. The third kappa shape index (κ3) is 9.67. The zero-order chi connectivity index (χ0) is 21.8. The molecule has 11 heteroatoms. The summed E-state index contributed by atoms with van der Waals surface area (Å²) < 4.78 is 4.62. The molecule has 29 heavy (non-hydrogen) atoms. The first-order valence-electron chi connectivity index (χ1n) is 8.52. The average Bonchev–Trinajstić information content (AvgIpc) is 2.67. The van der Waals surface area contributed by atoms with Crippen molar-refractivity contribution in [2.75, 3.05) is 11.9 Å². The Kier molecular flexibility index (Phi) is 10.3. The summed E-state index contributed by atoms with van der Waals surface area (Å²) in [7, 11) is 0. The minimum absolute atomic E-state index is 0.0686. The van der Waals surface area contributed by atoms with Gasteiger partial charge in [-0.2, -0.15) is 0 Å². The summed E-state index contributed by atoms with van der Waals surface area (Å²) in [4.78, 5) is 46.4. The maximum atomic E-state index is 12.0. The molecule has 0 radical (unpaired) electrons. The van der Waals surface area contributed by atoms with E-state index in [0.29, 0.717) is 10.7 Å². The SMILES string of the molecule is CCOC(=O)C=CC(=O)NC(=S)NNC(=O)CCC(=O)Nc1cccc(Cl)c1C. The van der Waals surface area contributed by atoms with Crippen LogP contribution in [0.15, 0.2) is 30.4 Å². The van der Waals surface area contributed by atoms with Gasteiger partial charge in [0.1, 0.15) is 0 Å². The molecule has 0 aliphatic rings. The lowest BCUT2D eigenvalue weighted by Crippen LogP contribution is -2.48. The van der Waals surface area contributed by atoms with Crippen molar-refractivity contribution >= 4 is 58.3 Å². The predicted octanol–water partition coefficient (Wildman–Crippen LogP) is 1.51. The van der Waals surface area contributed by atoms with Crippen LogP contribution in [-0.4, -0.2) is 35.4 Å². The molecule has 0 fully saturated rings. The van der Waals surface area contributed by atoms with Crippen LogP contribution in [0.4, 0.5) is 5.69 Å². The number of carbonyl (C=O) groups is 4. The molecule has 0 spiro atoms.